The standard InChI is InChI=1S/C40H26N4OS/c1-40-21-7-6-18-34(40)45-31-16-9-13-28(35(31)40)38-42-37(23-19-20-26-25-11-3-5-17-32(25)46-33(26)22-23)43-39(44-38)29-14-8-12-27-24-10-2-4-15-30(24)41-36(27)29/h2-22,34,41H,1H3. The van der Waals surface area contributed by atoms with Crippen LogP contribution in [-0.2, 0) is 5.41 Å². The van der Waals surface area contributed by atoms with Gasteiger partial charge < -0.3 is 9.72 Å². The normalized spacial score (nSPS) is 18.4. The number of ether oxygens (including phenoxy) is 1. The minimum Gasteiger partial charge on any atom is -0.485 e. The zero-order valence-electron chi connectivity index (χ0n) is 24.9. The Bertz CT molecular complexity index is 2610. The van der Waals surface area contributed by atoms with Crippen molar-refractivity contribution in [3.63, 3.8) is 0 Å². The van der Waals surface area contributed by atoms with Gasteiger partial charge in [0.15, 0.2) is 17.5 Å². The third-order valence-corrected chi connectivity index (χ3v) is 10.7. The van der Waals surface area contributed by atoms with E-state index in [1.54, 1.807) is 11.3 Å². The van der Waals surface area contributed by atoms with Gasteiger partial charge in [-0.3, -0.25) is 0 Å². The lowest BCUT2D eigenvalue weighted by Gasteiger charge is -2.28. The number of fused-ring (bicyclic) bond motifs is 9. The molecule has 0 fully saturated rings. The number of nitrogens with one attached hydrogen (secondary N) is 1. The SMILES string of the molecule is CC12C=CC=CC1Oc1cccc(-c3nc(-c4ccc5c(c4)sc4ccccc45)nc(-c4cccc5c4[nH]c4ccccc45)n3)c12. The monoisotopic (exact) mass is 610 g/mol. The van der Waals surface area contributed by atoms with E-state index < -0.39 is 0 Å². The van der Waals surface area contributed by atoms with E-state index in [2.05, 4.69) is 127 Å². The molecule has 4 heterocycles. The highest BCUT2D eigenvalue weighted by Crippen LogP contribution is 2.50. The summed E-state index contributed by atoms with van der Waals surface area (Å²) in [5.74, 6) is 2.78. The van der Waals surface area contributed by atoms with Crippen molar-refractivity contribution in [3.05, 3.63) is 133 Å². The maximum Gasteiger partial charge on any atom is 0.166 e. The molecule has 0 saturated heterocycles. The van der Waals surface area contributed by atoms with Crippen molar-refractivity contribution in [1.29, 1.82) is 0 Å². The summed E-state index contributed by atoms with van der Waals surface area (Å²) >= 11 is 1.80. The molecule has 46 heavy (non-hydrogen) atoms. The van der Waals surface area contributed by atoms with Crippen LogP contribution in [0.4, 0.5) is 0 Å². The minimum absolute atomic E-state index is 0.0788. The Morgan fingerprint density at radius 2 is 1.41 bits per heavy atom. The summed E-state index contributed by atoms with van der Waals surface area (Å²) in [7, 11) is 0. The third kappa shape index (κ3) is 3.65. The van der Waals surface area contributed by atoms with Gasteiger partial charge in [0.25, 0.3) is 0 Å². The molecule has 6 heteroatoms. The molecule has 2 unspecified atom stereocenters. The van der Waals surface area contributed by atoms with Gasteiger partial charge in [0.05, 0.1) is 10.9 Å². The minimum atomic E-state index is -0.333. The number of hydrogen-bond donors (Lipinski definition) is 1. The highest BCUT2D eigenvalue weighted by Gasteiger charge is 2.45. The molecular formula is C40H26N4OS. The van der Waals surface area contributed by atoms with E-state index >= 15 is 0 Å². The Morgan fingerprint density at radius 1 is 0.674 bits per heavy atom. The second kappa shape index (κ2) is 9.46. The molecule has 1 N–H and O–H groups in total. The van der Waals surface area contributed by atoms with Crippen LogP contribution in [0.25, 0.3) is 76.1 Å². The van der Waals surface area contributed by atoms with Crippen molar-refractivity contribution in [2.75, 3.05) is 0 Å². The Morgan fingerprint density at radius 3 is 2.35 bits per heavy atom. The molecule has 8 aromatic rings. The average Bonchev–Trinajstić information content (AvgIpc) is 3.76. The van der Waals surface area contributed by atoms with Crippen molar-refractivity contribution >= 4 is 53.3 Å². The van der Waals surface area contributed by atoms with E-state index in [4.69, 9.17) is 19.7 Å². The lowest BCUT2D eigenvalue weighted by molar-refractivity contribution is 0.228. The van der Waals surface area contributed by atoms with Gasteiger partial charge in [-0.05, 0) is 43.3 Å². The Hall–Kier alpha value is -5.59. The maximum atomic E-state index is 6.46. The molecule has 5 nitrogen and oxygen atoms in total. The molecule has 218 valence electrons. The van der Waals surface area contributed by atoms with E-state index in [-0.39, 0.29) is 11.5 Å². The number of rotatable bonds is 3. The number of H-pyrrole nitrogens is 1. The molecule has 0 amide bonds. The van der Waals surface area contributed by atoms with Crippen LogP contribution in [0.2, 0.25) is 0 Å². The number of benzene rings is 5. The molecule has 5 aromatic carbocycles. The number of para-hydroxylation sites is 2. The largest absolute Gasteiger partial charge is 0.485 e. The van der Waals surface area contributed by atoms with Crippen molar-refractivity contribution in [3.8, 4) is 39.9 Å². The van der Waals surface area contributed by atoms with Crippen LogP contribution in [0.3, 0.4) is 0 Å². The van der Waals surface area contributed by atoms with Crippen LogP contribution < -0.4 is 4.74 Å². The van der Waals surface area contributed by atoms with E-state index in [9.17, 15) is 0 Å². The van der Waals surface area contributed by atoms with Gasteiger partial charge in [-0.2, -0.15) is 0 Å². The van der Waals surface area contributed by atoms with E-state index in [0.29, 0.717) is 17.5 Å². The quantitative estimate of drug-likeness (QED) is 0.216. The van der Waals surface area contributed by atoms with Crippen molar-refractivity contribution in [2.24, 2.45) is 0 Å². The lowest BCUT2D eigenvalue weighted by Crippen LogP contribution is -2.33. The third-order valence-electron chi connectivity index (χ3n) is 9.54. The molecule has 2 atom stereocenters. The zero-order chi connectivity index (χ0) is 30.4. The molecule has 0 spiro atoms. The van der Waals surface area contributed by atoms with Gasteiger partial charge in [-0.15, -0.1) is 11.3 Å². The van der Waals surface area contributed by atoms with Crippen LogP contribution in [0.15, 0.2) is 127 Å². The first-order valence-electron chi connectivity index (χ1n) is 15.5. The number of aromatic nitrogens is 4. The van der Waals surface area contributed by atoms with Crippen LogP contribution in [0, 0.1) is 0 Å². The van der Waals surface area contributed by atoms with Crippen LogP contribution in [0.1, 0.15) is 12.5 Å². The summed E-state index contributed by atoms with van der Waals surface area (Å²) in [5, 5.41) is 4.84. The molecule has 2 aliphatic rings. The molecule has 0 saturated carbocycles. The van der Waals surface area contributed by atoms with Gasteiger partial charge in [-0.1, -0.05) is 91.0 Å². The number of aromatic amines is 1. The first-order valence-corrected chi connectivity index (χ1v) is 16.3. The molecule has 0 bridgehead atoms. The smallest absolute Gasteiger partial charge is 0.166 e. The van der Waals surface area contributed by atoms with Crippen molar-refractivity contribution in [1.82, 2.24) is 19.9 Å². The average molecular weight is 611 g/mol. The number of allylic oxidation sites excluding steroid dienone is 2. The van der Waals surface area contributed by atoms with Crippen molar-refractivity contribution in [2.45, 2.75) is 18.4 Å². The fraction of sp³-hybridized carbons (Fsp3) is 0.0750. The predicted molar refractivity (Wildman–Crippen MR) is 188 cm³/mol. The van der Waals surface area contributed by atoms with E-state index in [1.165, 1.54) is 25.6 Å². The van der Waals surface area contributed by atoms with Gasteiger partial charge in [0.1, 0.15) is 11.9 Å². The van der Waals surface area contributed by atoms with Crippen LogP contribution in [0.5, 0.6) is 5.75 Å². The Kier molecular flexibility index (Phi) is 5.29. The zero-order valence-corrected chi connectivity index (χ0v) is 25.7. The van der Waals surface area contributed by atoms with Crippen LogP contribution in [-0.4, -0.2) is 26.0 Å². The highest BCUT2D eigenvalue weighted by atomic mass is 32.1. The number of hydrogen-bond acceptors (Lipinski definition) is 5. The first-order chi connectivity index (χ1) is 22.6. The summed E-state index contributed by atoms with van der Waals surface area (Å²) < 4.78 is 8.95. The Balaban J connectivity index is 1.24. The molecule has 1 aliphatic carbocycles. The lowest BCUT2D eigenvalue weighted by atomic mass is 9.75. The second-order valence-corrected chi connectivity index (χ2v) is 13.3. The summed E-state index contributed by atoms with van der Waals surface area (Å²) in [6.07, 6.45) is 8.45. The molecule has 10 rings (SSSR count). The van der Waals surface area contributed by atoms with Crippen molar-refractivity contribution < 1.29 is 4.74 Å². The van der Waals surface area contributed by atoms with Gasteiger partial charge in [0.2, 0.25) is 0 Å². The van der Waals surface area contributed by atoms with Crippen LogP contribution >= 0.6 is 11.3 Å². The fourth-order valence-electron chi connectivity index (χ4n) is 7.28. The maximum absolute atomic E-state index is 6.46. The summed E-state index contributed by atoms with van der Waals surface area (Å²) in [5.41, 5.74) is 5.73. The summed E-state index contributed by atoms with van der Waals surface area (Å²) in [4.78, 5) is 19.3. The van der Waals surface area contributed by atoms with Gasteiger partial charge in [0, 0.05) is 58.7 Å². The van der Waals surface area contributed by atoms with E-state index in [1.807, 2.05) is 12.1 Å². The molecule has 3 aromatic heterocycles. The van der Waals surface area contributed by atoms with E-state index in [0.717, 1.165) is 44.4 Å². The Labute approximate surface area is 268 Å². The summed E-state index contributed by atoms with van der Waals surface area (Å²) in [6, 6.07) is 36.1. The highest BCUT2D eigenvalue weighted by molar-refractivity contribution is 7.25. The molecular weight excluding hydrogens is 585 g/mol. The first kappa shape index (κ1) is 25.7. The predicted octanol–water partition coefficient (Wildman–Crippen LogP) is 10.0. The molecule has 1 aliphatic heterocycles. The van der Waals surface area contributed by atoms with Gasteiger partial charge >= 0.3 is 0 Å². The fourth-order valence-corrected chi connectivity index (χ4v) is 8.43. The summed E-state index contributed by atoms with van der Waals surface area (Å²) in [6.45, 7) is 2.23. The topological polar surface area (TPSA) is 63.7 Å². The number of thiophene rings is 1. The number of nitrogens with zero attached hydrogens (tertiary/aromatic N) is 3. The van der Waals surface area contributed by atoms with Gasteiger partial charge in [-0.25, -0.2) is 15.0 Å². The molecule has 0 radical (unpaired) electrons. The second-order valence-electron chi connectivity index (χ2n) is 12.3.